The average molecular weight is 326 g/mol. The minimum absolute atomic E-state index is 0.214. The lowest BCUT2D eigenvalue weighted by Gasteiger charge is -2.52. The van der Waals surface area contributed by atoms with E-state index < -0.39 is 0 Å². The van der Waals surface area contributed by atoms with Crippen molar-refractivity contribution in [2.75, 3.05) is 6.61 Å². The highest BCUT2D eigenvalue weighted by Crippen LogP contribution is 2.43. The third-order valence-electron chi connectivity index (χ3n) is 4.37. The Bertz CT molecular complexity index is 433. The zero-order valence-corrected chi connectivity index (χ0v) is 13.8. The largest absolute Gasteiger partial charge is 0.378 e. The third kappa shape index (κ3) is 3.04. The molecular formula is C16H24BrNO. The van der Waals surface area contributed by atoms with E-state index in [0.717, 1.165) is 13.0 Å². The Morgan fingerprint density at radius 3 is 2.68 bits per heavy atom. The SMILES string of the molecule is CCOC1CC(N[C@H](C)c2ccccc2Br)C1(C)C. The van der Waals surface area contributed by atoms with Gasteiger partial charge in [-0.1, -0.05) is 48.0 Å². The van der Waals surface area contributed by atoms with Crippen LogP contribution in [0.15, 0.2) is 28.7 Å². The lowest BCUT2D eigenvalue weighted by Crippen LogP contribution is -2.61. The molecule has 1 fully saturated rings. The number of benzene rings is 1. The van der Waals surface area contributed by atoms with E-state index in [0.29, 0.717) is 18.2 Å². The molecule has 0 amide bonds. The van der Waals surface area contributed by atoms with Crippen LogP contribution in [0.25, 0.3) is 0 Å². The fourth-order valence-corrected chi connectivity index (χ4v) is 3.50. The molecule has 0 bridgehead atoms. The van der Waals surface area contributed by atoms with Crippen molar-refractivity contribution >= 4 is 15.9 Å². The van der Waals surface area contributed by atoms with E-state index in [-0.39, 0.29) is 5.41 Å². The van der Waals surface area contributed by atoms with Crippen LogP contribution in [0.2, 0.25) is 0 Å². The quantitative estimate of drug-likeness (QED) is 0.871. The molecule has 106 valence electrons. The first-order chi connectivity index (χ1) is 8.96. The maximum atomic E-state index is 5.79. The van der Waals surface area contributed by atoms with Gasteiger partial charge in [-0.3, -0.25) is 0 Å². The summed E-state index contributed by atoms with van der Waals surface area (Å²) >= 11 is 3.63. The summed E-state index contributed by atoms with van der Waals surface area (Å²) in [5, 5.41) is 3.74. The Balaban J connectivity index is 1.98. The summed E-state index contributed by atoms with van der Waals surface area (Å²) in [6.45, 7) is 9.69. The van der Waals surface area contributed by atoms with Crippen molar-refractivity contribution in [3.8, 4) is 0 Å². The van der Waals surface area contributed by atoms with Crippen LogP contribution in [0.1, 0.15) is 45.7 Å². The molecule has 1 aliphatic carbocycles. The van der Waals surface area contributed by atoms with Crippen LogP contribution >= 0.6 is 15.9 Å². The molecule has 3 heteroatoms. The van der Waals surface area contributed by atoms with Gasteiger partial charge in [-0.05, 0) is 31.9 Å². The van der Waals surface area contributed by atoms with Crippen molar-refractivity contribution in [3.05, 3.63) is 34.3 Å². The Labute approximate surface area is 125 Å². The molecule has 1 aromatic rings. The van der Waals surface area contributed by atoms with Gasteiger partial charge >= 0.3 is 0 Å². The molecule has 0 aliphatic heterocycles. The van der Waals surface area contributed by atoms with Gasteiger partial charge in [0, 0.05) is 28.6 Å². The molecule has 2 rings (SSSR count). The number of hydrogen-bond acceptors (Lipinski definition) is 2. The van der Waals surface area contributed by atoms with E-state index in [1.807, 2.05) is 0 Å². The van der Waals surface area contributed by atoms with E-state index in [1.54, 1.807) is 0 Å². The molecule has 1 aliphatic rings. The summed E-state index contributed by atoms with van der Waals surface area (Å²) in [4.78, 5) is 0. The van der Waals surface area contributed by atoms with E-state index in [9.17, 15) is 0 Å². The predicted molar refractivity (Wildman–Crippen MR) is 83.3 cm³/mol. The number of ether oxygens (including phenoxy) is 1. The fraction of sp³-hybridized carbons (Fsp3) is 0.625. The fourth-order valence-electron chi connectivity index (χ4n) is 2.87. The Kier molecular flexibility index (Phi) is 4.70. The van der Waals surface area contributed by atoms with Gasteiger partial charge in [-0.2, -0.15) is 0 Å². The first-order valence-electron chi connectivity index (χ1n) is 7.09. The molecular weight excluding hydrogens is 302 g/mol. The van der Waals surface area contributed by atoms with Gasteiger partial charge in [-0.25, -0.2) is 0 Å². The summed E-state index contributed by atoms with van der Waals surface area (Å²) in [5.41, 5.74) is 1.53. The second kappa shape index (κ2) is 5.94. The number of halogens is 1. The summed E-state index contributed by atoms with van der Waals surface area (Å²) in [7, 11) is 0. The molecule has 0 spiro atoms. The molecule has 1 N–H and O–H groups in total. The van der Waals surface area contributed by atoms with Crippen molar-refractivity contribution in [2.24, 2.45) is 5.41 Å². The standard InChI is InChI=1S/C16H24BrNO/c1-5-19-15-10-14(16(15,3)4)18-11(2)12-8-6-7-9-13(12)17/h6-9,11,14-15,18H,5,10H2,1-4H3/t11-,14?,15?/m1/s1. The van der Waals surface area contributed by atoms with Crippen LogP contribution in [-0.4, -0.2) is 18.8 Å². The van der Waals surface area contributed by atoms with Gasteiger partial charge in [0.05, 0.1) is 6.10 Å². The Hall–Kier alpha value is -0.380. The highest BCUT2D eigenvalue weighted by molar-refractivity contribution is 9.10. The molecule has 0 heterocycles. The van der Waals surface area contributed by atoms with Crippen LogP contribution in [-0.2, 0) is 4.74 Å². The molecule has 1 aromatic carbocycles. The number of nitrogens with one attached hydrogen (secondary N) is 1. The topological polar surface area (TPSA) is 21.3 Å². The molecule has 19 heavy (non-hydrogen) atoms. The normalized spacial score (nSPS) is 26.8. The minimum Gasteiger partial charge on any atom is -0.378 e. The molecule has 0 saturated heterocycles. The highest BCUT2D eigenvalue weighted by atomic mass is 79.9. The van der Waals surface area contributed by atoms with Crippen LogP contribution in [0, 0.1) is 5.41 Å². The molecule has 2 unspecified atom stereocenters. The van der Waals surface area contributed by atoms with Gasteiger partial charge < -0.3 is 10.1 Å². The second-order valence-corrected chi connectivity index (χ2v) is 6.82. The van der Waals surface area contributed by atoms with Crippen molar-refractivity contribution in [1.29, 1.82) is 0 Å². The van der Waals surface area contributed by atoms with E-state index in [1.165, 1.54) is 10.0 Å². The Morgan fingerprint density at radius 1 is 1.42 bits per heavy atom. The van der Waals surface area contributed by atoms with Crippen LogP contribution in [0.3, 0.4) is 0 Å². The first-order valence-corrected chi connectivity index (χ1v) is 7.88. The van der Waals surface area contributed by atoms with Gasteiger partial charge in [0.25, 0.3) is 0 Å². The average Bonchev–Trinajstić information content (AvgIpc) is 2.38. The summed E-state index contributed by atoms with van der Waals surface area (Å²) in [6.07, 6.45) is 1.50. The molecule has 2 nitrogen and oxygen atoms in total. The maximum Gasteiger partial charge on any atom is 0.0655 e. The molecule has 0 aromatic heterocycles. The lowest BCUT2D eigenvalue weighted by atomic mass is 9.64. The minimum atomic E-state index is 0.214. The monoisotopic (exact) mass is 325 g/mol. The van der Waals surface area contributed by atoms with Crippen LogP contribution in [0.4, 0.5) is 0 Å². The van der Waals surface area contributed by atoms with E-state index in [4.69, 9.17) is 4.74 Å². The molecule has 3 atom stereocenters. The van der Waals surface area contributed by atoms with Crippen molar-refractivity contribution < 1.29 is 4.74 Å². The predicted octanol–water partition coefficient (Wildman–Crippen LogP) is 4.30. The van der Waals surface area contributed by atoms with E-state index in [2.05, 4.69) is 73.2 Å². The number of hydrogen-bond donors (Lipinski definition) is 1. The Morgan fingerprint density at radius 2 is 2.11 bits per heavy atom. The third-order valence-corrected chi connectivity index (χ3v) is 5.09. The van der Waals surface area contributed by atoms with E-state index >= 15 is 0 Å². The van der Waals surface area contributed by atoms with Crippen LogP contribution < -0.4 is 5.32 Å². The van der Waals surface area contributed by atoms with Crippen molar-refractivity contribution in [2.45, 2.75) is 52.3 Å². The maximum absolute atomic E-state index is 5.79. The van der Waals surface area contributed by atoms with Crippen molar-refractivity contribution in [1.82, 2.24) is 5.32 Å². The smallest absolute Gasteiger partial charge is 0.0655 e. The summed E-state index contributed by atoms with van der Waals surface area (Å²) in [5.74, 6) is 0. The lowest BCUT2D eigenvalue weighted by molar-refractivity contribution is -0.116. The highest BCUT2D eigenvalue weighted by Gasteiger charge is 2.49. The van der Waals surface area contributed by atoms with Gasteiger partial charge in [-0.15, -0.1) is 0 Å². The van der Waals surface area contributed by atoms with Gasteiger partial charge in [0.1, 0.15) is 0 Å². The van der Waals surface area contributed by atoms with Gasteiger partial charge in [0.2, 0.25) is 0 Å². The molecule has 0 radical (unpaired) electrons. The van der Waals surface area contributed by atoms with Crippen LogP contribution in [0.5, 0.6) is 0 Å². The zero-order valence-electron chi connectivity index (χ0n) is 12.2. The molecule has 1 saturated carbocycles. The number of rotatable bonds is 5. The summed E-state index contributed by atoms with van der Waals surface area (Å²) in [6, 6.07) is 9.29. The second-order valence-electron chi connectivity index (χ2n) is 5.96. The van der Waals surface area contributed by atoms with Crippen molar-refractivity contribution in [3.63, 3.8) is 0 Å². The zero-order chi connectivity index (χ0) is 14.0. The van der Waals surface area contributed by atoms with Gasteiger partial charge in [0.15, 0.2) is 0 Å². The first kappa shape index (κ1) is 15.0. The summed E-state index contributed by atoms with van der Waals surface area (Å²) < 4.78 is 6.96.